The van der Waals surface area contributed by atoms with E-state index >= 15 is 0 Å². The molecule has 0 spiro atoms. The van der Waals surface area contributed by atoms with Gasteiger partial charge >= 0.3 is 0 Å². The topological polar surface area (TPSA) is 12.9 Å². The van der Waals surface area contributed by atoms with Gasteiger partial charge in [0.05, 0.1) is 5.69 Å². The zero-order valence-electron chi connectivity index (χ0n) is 8.17. The van der Waals surface area contributed by atoms with E-state index in [0.29, 0.717) is 11.3 Å². The molecule has 3 heteroatoms. The zero-order valence-corrected chi connectivity index (χ0v) is 8.17. The number of aryl methyl sites for hydroxylation is 1. The van der Waals surface area contributed by atoms with Crippen LogP contribution >= 0.6 is 0 Å². The van der Waals surface area contributed by atoms with Crippen LogP contribution in [-0.2, 0) is 0 Å². The zero-order chi connectivity index (χ0) is 10.8. The van der Waals surface area contributed by atoms with E-state index in [2.05, 4.69) is 4.98 Å². The number of hydrogen-bond acceptors (Lipinski definition) is 1. The normalized spacial score (nSPS) is 10.3. The predicted molar refractivity (Wildman–Crippen MR) is 54.3 cm³/mol. The Morgan fingerprint density at radius 3 is 2.47 bits per heavy atom. The number of hydrogen-bond donors (Lipinski definition) is 0. The molecule has 0 fully saturated rings. The Morgan fingerprint density at radius 2 is 1.87 bits per heavy atom. The molecule has 0 aliphatic rings. The second-order valence-electron chi connectivity index (χ2n) is 3.34. The van der Waals surface area contributed by atoms with Gasteiger partial charge < -0.3 is 0 Å². The van der Waals surface area contributed by atoms with E-state index in [-0.39, 0.29) is 0 Å². The van der Waals surface area contributed by atoms with Crippen LogP contribution < -0.4 is 0 Å². The summed E-state index contributed by atoms with van der Waals surface area (Å²) in [6, 6.07) is 7.02. The number of halogens is 2. The molecule has 0 bridgehead atoms. The summed E-state index contributed by atoms with van der Waals surface area (Å²) in [6.07, 6.45) is 1.65. The van der Waals surface area contributed by atoms with Gasteiger partial charge in [-0.3, -0.25) is 4.98 Å². The Hall–Kier alpha value is -1.77. The molecule has 0 aliphatic heterocycles. The quantitative estimate of drug-likeness (QED) is 0.695. The van der Waals surface area contributed by atoms with Crippen molar-refractivity contribution in [1.29, 1.82) is 0 Å². The SMILES string of the molecule is Cc1ccc(-c2ccc(F)cc2F)nc1. The Bertz CT molecular complexity index is 477. The van der Waals surface area contributed by atoms with E-state index in [1.54, 1.807) is 12.3 Å². The summed E-state index contributed by atoms with van der Waals surface area (Å²) in [5, 5.41) is 0. The third-order valence-corrected chi connectivity index (χ3v) is 2.12. The largest absolute Gasteiger partial charge is 0.256 e. The molecule has 0 radical (unpaired) electrons. The molecular formula is C12H9F2N. The van der Waals surface area contributed by atoms with Crippen molar-refractivity contribution in [2.24, 2.45) is 0 Å². The number of aromatic nitrogens is 1. The van der Waals surface area contributed by atoms with Crippen LogP contribution in [0.3, 0.4) is 0 Å². The third kappa shape index (κ3) is 2.01. The highest BCUT2D eigenvalue weighted by Crippen LogP contribution is 2.21. The first-order chi connectivity index (χ1) is 7.16. The Kier molecular flexibility index (Phi) is 2.46. The lowest BCUT2D eigenvalue weighted by Gasteiger charge is -2.02. The van der Waals surface area contributed by atoms with Crippen molar-refractivity contribution in [3.8, 4) is 11.3 Å². The molecule has 0 atom stereocenters. The molecule has 1 aromatic heterocycles. The fraction of sp³-hybridized carbons (Fsp3) is 0.0833. The molecule has 0 amide bonds. The number of nitrogens with zero attached hydrogens (tertiary/aromatic N) is 1. The Morgan fingerprint density at radius 1 is 1.07 bits per heavy atom. The summed E-state index contributed by atoms with van der Waals surface area (Å²) in [5.41, 5.74) is 1.83. The smallest absolute Gasteiger partial charge is 0.135 e. The lowest BCUT2D eigenvalue weighted by molar-refractivity contribution is 0.585. The van der Waals surface area contributed by atoms with Crippen LogP contribution in [0.1, 0.15) is 5.56 Å². The summed E-state index contributed by atoms with van der Waals surface area (Å²) < 4.78 is 26.0. The first kappa shape index (κ1) is 9.77. The highest BCUT2D eigenvalue weighted by Gasteiger charge is 2.06. The molecule has 2 aromatic rings. The van der Waals surface area contributed by atoms with Crippen LogP contribution in [0.2, 0.25) is 0 Å². The fourth-order valence-electron chi connectivity index (χ4n) is 1.32. The van der Waals surface area contributed by atoms with Gasteiger partial charge in [0.1, 0.15) is 11.6 Å². The van der Waals surface area contributed by atoms with E-state index in [4.69, 9.17) is 0 Å². The highest BCUT2D eigenvalue weighted by molar-refractivity contribution is 5.59. The molecule has 2 rings (SSSR count). The molecule has 1 heterocycles. The minimum atomic E-state index is -0.591. The Labute approximate surface area is 86.4 Å². The van der Waals surface area contributed by atoms with Crippen molar-refractivity contribution in [2.45, 2.75) is 6.92 Å². The number of rotatable bonds is 1. The van der Waals surface area contributed by atoms with Gasteiger partial charge in [0.25, 0.3) is 0 Å². The van der Waals surface area contributed by atoms with Gasteiger partial charge in [0, 0.05) is 17.8 Å². The highest BCUT2D eigenvalue weighted by atomic mass is 19.1. The summed E-state index contributed by atoms with van der Waals surface area (Å²) in [4.78, 5) is 4.08. The number of pyridine rings is 1. The van der Waals surface area contributed by atoms with Crippen LogP contribution in [0.5, 0.6) is 0 Å². The summed E-state index contributed by atoms with van der Waals surface area (Å²) >= 11 is 0. The lowest BCUT2D eigenvalue weighted by atomic mass is 10.1. The van der Waals surface area contributed by atoms with E-state index in [0.717, 1.165) is 11.6 Å². The van der Waals surface area contributed by atoms with Crippen molar-refractivity contribution in [3.05, 3.63) is 53.7 Å². The van der Waals surface area contributed by atoms with E-state index in [1.165, 1.54) is 12.1 Å². The van der Waals surface area contributed by atoms with Gasteiger partial charge in [-0.25, -0.2) is 8.78 Å². The minimum Gasteiger partial charge on any atom is -0.256 e. The second-order valence-corrected chi connectivity index (χ2v) is 3.34. The summed E-state index contributed by atoms with van der Waals surface area (Å²) in [5.74, 6) is -1.17. The predicted octanol–water partition coefficient (Wildman–Crippen LogP) is 3.34. The summed E-state index contributed by atoms with van der Waals surface area (Å²) in [6.45, 7) is 1.90. The first-order valence-corrected chi connectivity index (χ1v) is 4.55. The average molecular weight is 205 g/mol. The molecule has 0 aliphatic carbocycles. The molecule has 1 aromatic carbocycles. The van der Waals surface area contributed by atoms with Crippen LogP contribution in [0.15, 0.2) is 36.5 Å². The molecule has 76 valence electrons. The fourth-order valence-corrected chi connectivity index (χ4v) is 1.32. The molecule has 0 N–H and O–H groups in total. The standard InChI is InChI=1S/C12H9F2N/c1-8-2-5-12(15-7-8)10-4-3-9(13)6-11(10)14/h2-7H,1H3. The van der Waals surface area contributed by atoms with Crippen molar-refractivity contribution < 1.29 is 8.78 Å². The van der Waals surface area contributed by atoms with Gasteiger partial charge in [-0.15, -0.1) is 0 Å². The van der Waals surface area contributed by atoms with E-state index in [9.17, 15) is 8.78 Å². The van der Waals surface area contributed by atoms with E-state index in [1.807, 2.05) is 13.0 Å². The summed E-state index contributed by atoms with van der Waals surface area (Å²) in [7, 11) is 0. The molecule has 0 saturated heterocycles. The average Bonchev–Trinajstić information content (AvgIpc) is 2.20. The minimum absolute atomic E-state index is 0.316. The van der Waals surface area contributed by atoms with Crippen LogP contribution in [0.4, 0.5) is 8.78 Å². The second kappa shape index (κ2) is 3.77. The maximum atomic E-state index is 13.4. The first-order valence-electron chi connectivity index (χ1n) is 4.55. The van der Waals surface area contributed by atoms with Crippen molar-refractivity contribution in [1.82, 2.24) is 4.98 Å². The van der Waals surface area contributed by atoms with E-state index < -0.39 is 11.6 Å². The lowest BCUT2D eigenvalue weighted by Crippen LogP contribution is -1.89. The van der Waals surface area contributed by atoms with Gasteiger partial charge in [-0.05, 0) is 30.7 Å². The maximum Gasteiger partial charge on any atom is 0.135 e. The van der Waals surface area contributed by atoms with Crippen LogP contribution in [-0.4, -0.2) is 4.98 Å². The van der Waals surface area contributed by atoms with Crippen molar-refractivity contribution in [3.63, 3.8) is 0 Å². The van der Waals surface area contributed by atoms with Gasteiger partial charge in [-0.2, -0.15) is 0 Å². The molecule has 15 heavy (non-hydrogen) atoms. The monoisotopic (exact) mass is 205 g/mol. The van der Waals surface area contributed by atoms with Gasteiger partial charge in [-0.1, -0.05) is 6.07 Å². The number of benzene rings is 1. The van der Waals surface area contributed by atoms with Crippen molar-refractivity contribution in [2.75, 3.05) is 0 Å². The molecule has 0 saturated carbocycles. The molecular weight excluding hydrogens is 196 g/mol. The Balaban J connectivity index is 2.49. The van der Waals surface area contributed by atoms with Crippen LogP contribution in [0.25, 0.3) is 11.3 Å². The molecule has 0 unspecified atom stereocenters. The van der Waals surface area contributed by atoms with Gasteiger partial charge in [0.15, 0.2) is 0 Å². The maximum absolute atomic E-state index is 13.4. The van der Waals surface area contributed by atoms with Gasteiger partial charge in [0.2, 0.25) is 0 Å². The van der Waals surface area contributed by atoms with Crippen molar-refractivity contribution >= 4 is 0 Å². The molecule has 1 nitrogen and oxygen atoms in total. The van der Waals surface area contributed by atoms with Crippen LogP contribution in [0, 0.1) is 18.6 Å². The third-order valence-electron chi connectivity index (χ3n) is 2.12.